The maximum atomic E-state index is 13.9. The summed E-state index contributed by atoms with van der Waals surface area (Å²) in [4.78, 5) is 31.5. The molecule has 0 bridgehead atoms. The number of hydrogen-bond donors (Lipinski definition) is 1. The van der Waals surface area contributed by atoms with Crippen molar-refractivity contribution >= 4 is 58.3 Å². The molecule has 1 aromatic heterocycles. The maximum absolute atomic E-state index is 13.9. The summed E-state index contributed by atoms with van der Waals surface area (Å²) < 4.78 is 1.69. The molecule has 3 aromatic rings. The topological polar surface area (TPSA) is 64.0 Å². The van der Waals surface area contributed by atoms with Crippen LogP contribution in [-0.2, 0) is 11.2 Å². The van der Waals surface area contributed by atoms with Gasteiger partial charge in [-0.15, -0.1) is 11.8 Å². The molecule has 0 spiro atoms. The Labute approximate surface area is 223 Å². The fourth-order valence-corrected chi connectivity index (χ4v) is 7.39. The Kier molecular flexibility index (Phi) is 7.49. The summed E-state index contributed by atoms with van der Waals surface area (Å²) >= 11 is 15.0. The number of aryl methyl sites for hydroxylation is 1. The Balaban J connectivity index is 1.46. The van der Waals surface area contributed by atoms with E-state index in [0.29, 0.717) is 26.1 Å². The molecule has 2 aromatic carbocycles. The highest BCUT2D eigenvalue weighted by atomic mass is 35.5. The van der Waals surface area contributed by atoms with Gasteiger partial charge in [-0.1, -0.05) is 66.9 Å². The molecule has 0 unspecified atom stereocenters. The molecule has 35 heavy (non-hydrogen) atoms. The highest BCUT2D eigenvalue weighted by molar-refractivity contribution is 8.00. The molecule has 5 rings (SSSR count). The second-order valence-corrected chi connectivity index (χ2v) is 11.8. The van der Waals surface area contributed by atoms with Crippen LogP contribution in [0.1, 0.15) is 49.7 Å². The number of nitrogens with one attached hydrogen (secondary N) is 1. The van der Waals surface area contributed by atoms with E-state index in [0.717, 1.165) is 42.0 Å². The lowest BCUT2D eigenvalue weighted by Crippen LogP contribution is -2.29. The van der Waals surface area contributed by atoms with Crippen LogP contribution in [0.3, 0.4) is 0 Å². The Hall–Kier alpha value is -1.93. The molecular formula is C26H25Cl2N3O2S2. The number of aromatic nitrogens is 2. The number of carbonyl (C=O) groups excluding carboxylic acids is 1. The van der Waals surface area contributed by atoms with Crippen molar-refractivity contribution < 1.29 is 4.79 Å². The lowest BCUT2D eigenvalue weighted by Gasteiger charge is -2.24. The number of anilines is 1. The number of nitrogens with zero attached hydrogens (tertiary/aromatic N) is 2. The molecule has 0 radical (unpaired) electrons. The zero-order valence-electron chi connectivity index (χ0n) is 19.2. The fraction of sp³-hybridized carbons (Fsp3) is 0.346. The van der Waals surface area contributed by atoms with Gasteiger partial charge >= 0.3 is 0 Å². The molecule has 182 valence electrons. The van der Waals surface area contributed by atoms with Crippen LogP contribution in [0, 0.1) is 0 Å². The Bertz CT molecular complexity index is 1330. The van der Waals surface area contributed by atoms with Gasteiger partial charge in [0.2, 0.25) is 5.91 Å². The number of rotatable bonds is 6. The standard InChI is InChI=1S/C26H25Cl2N3O2S2/c1-2-15-7-10-17(11-8-15)31-25(33)23-18-5-3-4-6-21(18)35-24(23)30-26(31)34-14-22(32)29-16-9-12-19(27)20(28)13-16/h7-13,18,21H,2-6,14H2,1H3,(H,29,32)/t18-,21-/m1/s1. The first kappa shape index (κ1) is 24.8. The first-order chi connectivity index (χ1) is 16.9. The van der Waals surface area contributed by atoms with Crippen molar-refractivity contribution in [3.05, 3.63) is 74.0 Å². The molecule has 0 saturated heterocycles. The quantitative estimate of drug-likeness (QED) is 0.206. The van der Waals surface area contributed by atoms with E-state index < -0.39 is 0 Å². The molecule has 1 aliphatic heterocycles. The van der Waals surface area contributed by atoms with Gasteiger partial charge in [0.25, 0.3) is 5.56 Å². The minimum Gasteiger partial charge on any atom is -0.325 e. The van der Waals surface area contributed by atoms with E-state index in [1.54, 1.807) is 34.5 Å². The van der Waals surface area contributed by atoms with E-state index in [4.69, 9.17) is 28.2 Å². The third-order valence-electron chi connectivity index (χ3n) is 6.53. The number of halogens is 2. The molecule has 1 aliphatic carbocycles. The number of hydrogen-bond acceptors (Lipinski definition) is 5. The maximum Gasteiger partial charge on any atom is 0.263 e. The van der Waals surface area contributed by atoms with Crippen molar-refractivity contribution in [2.45, 2.75) is 60.4 Å². The molecule has 2 heterocycles. The SMILES string of the molecule is CCc1ccc(-n2c(SCC(=O)Nc3ccc(Cl)c(Cl)c3)nc3c(c2=O)[C@@H]2CCCC[C@H]2S3)cc1. The molecule has 9 heteroatoms. The van der Waals surface area contributed by atoms with Crippen molar-refractivity contribution in [3.63, 3.8) is 0 Å². The lowest BCUT2D eigenvalue weighted by atomic mass is 9.85. The van der Waals surface area contributed by atoms with E-state index in [1.807, 2.05) is 24.3 Å². The normalized spacial score (nSPS) is 18.7. The Morgan fingerprint density at radius 1 is 1.14 bits per heavy atom. The van der Waals surface area contributed by atoms with Gasteiger partial charge in [-0.3, -0.25) is 14.2 Å². The number of benzene rings is 2. The van der Waals surface area contributed by atoms with E-state index in [-0.39, 0.29) is 23.1 Å². The molecule has 2 atom stereocenters. The average Bonchev–Trinajstić information content (AvgIpc) is 3.24. The van der Waals surface area contributed by atoms with Crippen molar-refractivity contribution in [2.24, 2.45) is 0 Å². The molecule has 1 amide bonds. The summed E-state index contributed by atoms with van der Waals surface area (Å²) in [6.45, 7) is 2.10. The number of thioether (sulfide) groups is 2. The van der Waals surface area contributed by atoms with Crippen molar-refractivity contribution in [3.8, 4) is 5.69 Å². The summed E-state index contributed by atoms with van der Waals surface area (Å²) in [5, 5.41) is 5.44. The minimum absolute atomic E-state index is 0.00598. The minimum atomic E-state index is -0.211. The second kappa shape index (κ2) is 10.6. The Morgan fingerprint density at radius 3 is 2.66 bits per heavy atom. The summed E-state index contributed by atoms with van der Waals surface area (Å²) in [7, 11) is 0. The second-order valence-electron chi connectivity index (χ2n) is 8.79. The van der Waals surface area contributed by atoms with E-state index in [2.05, 4.69) is 12.2 Å². The highest BCUT2D eigenvalue weighted by Crippen LogP contribution is 2.50. The van der Waals surface area contributed by atoms with E-state index in [1.165, 1.54) is 23.7 Å². The van der Waals surface area contributed by atoms with Crippen LogP contribution in [0.2, 0.25) is 10.0 Å². The van der Waals surface area contributed by atoms with Crippen LogP contribution in [0.4, 0.5) is 5.69 Å². The predicted molar refractivity (Wildman–Crippen MR) is 146 cm³/mol. The van der Waals surface area contributed by atoms with Gasteiger partial charge < -0.3 is 5.32 Å². The first-order valence-electron chi connectivity index (χ1n) is 11.7. The van der Waals surface area contributed by atoms with Gasteiger partial charge in [-0.2, -0.15) is 0 Å². The van der Waals surface area contributed by atoms with E-state index in [9.17, 15) is 9.59 Å². The van der Waals surface area contributed by atoms with Crippen molar-refractivity contribution in [1.82, 2.24) is 9.55 Å². The zero-order chi connectivity index (χ0) is 24.5. The number of amides is 1. The highest BCUT2D eigenvalue weighted by Gasteiger charge is 2.39. The predicted octanol–water partition coefficient (Wildman–Crippen LogP) is 6.96. The van der Waals surface area contributed by atoms with Gasteiger partial charge in [0.1, 0.15) is 5.03 Å². The third kappa shape index (κ3) is 5.15. The van der Waals surface area contributed by atoms with Gasteiger partial charge in [-0.25, -0.2) is 4.98 Å². The fourth-order valence-electron chi connectivity index (χ4n) is 4.72. The summed E-state index contributed by atoms with van der Waals surface area (Å²) in [6, 6.07) is 13.0. The molecule has 5 nitrogen and oxygen atoms in total. The molecule has 2 aliphatic rings. The molecule has 1 saturated carbocycles. The van der Waals surface area contributed by atoms with Gasteiger partial charge in [0, 0.05) is 16.9 Å². The zero-order valence-corrected chi connectivity index (χ0v) is 22.4. The van der Waals surface area contributed by atoms with E-state index >= 15 is 0 Å². The largest absolute Gasteiger partial charge is 0.325 e. The summed E-state index contributed by atoms with van der Waals surface area (Å²) in [5.41, 5.74) is 3.39. The van der Waals surface area contributed by atoms with Crippen LogP contribution in [-0.4, -0.2) is 26.5 Å². The van der Waals surface area contributed by atoms with Gasteiger partial charge in [0.15, 0.2) is 5.16 Å². The smallest absolute Gasteiger partial charge is 0.263 e. The monoisotopic (exact) mass is 545 g/mol. The lowest BCUT2D eigenvalue weighted by molar-refractivity contribution is -0.113. The first-order valence-corrected chi connectivity index (χ1v) is 14.4. The van der Waals surface area contributed by atoms with Crippen molar-refractivity contribution in [2.75, 3.05) is 11.1 Å². The molecule has 1 fully saturated rings. The van der Waals surface area contributed by atoms with Crippen LogP contribution in [0.5, 0.6) is 0 Å². The van der Waals surface area contributed by atoms with Crippen LogP contribution in [0.15, 0.2) is 57.4 Å². The molecule has 1 N–H and O–H groups in total. The average molecular weight is 547 g/mol. The van der Waals surface area contributed by atoms with Gasteiger partial charge in [-0.05, 0) is 55.2 Å². The van der Waals surface area contributed by atoms with Crippen molar-refractivity contribution in [1.29, 1.82) is 0 Å². The van der Waals surface area contributed by atoms with Gasteiger partial charge in [0.05, 0.1) is 27.0 Å². The van der Waals surface area contributed by atoms with Crippen LogP contribution in [0.25, 0.3) is 5.69 Å². The third-order valence-corrected chi connectivity index (χ3v) is 9.61. The van der Waals surface area contributed by atoms with Crippen LogP contribution >= 0.6 is 46.7 Å². The summed E-state index contributed by atoms with van der Waals surface area (Å²) in [6.07, 6.45) is 5.43. The Morgan fingerprint density at radius 2 is 1.91 bits per heavy atom. The molecular weight excluding hydrogens is 521 g/mol. The number of fused-ring (bicyclic) bond motifs is 3. The summed E-state index contributed by atoms with van der Waals surface area (Å²) in [5.74, 6) is 0.162. The van der Waals surface area contributed by atoms with Crippen LogP contribution < -0.4 is 10.9 Å². The number of carbonyl (C=O) groups is 1.